The highest BCUT2D eigenvalue weighted by Crippen LogP contribution is 2.24. The van der Waals surface area contributed by atoms with Crippen LogP contribution in [0.25, 0.3) is 11.3 Å². The fourth-order valence-corrected chi connectivity index (χ4v) is 1.69. The van der Waals surface area contributed by atoms with Crippen LogP contribution in [0.15, 0.2) is 18.2 Å². The topological polar surface area (TPSA) is 48.9 Å². The normalized spacial score (nSPS) is 10.8. The number of aromatic nitrogens is 2. The standard InChI is InChI=1S/C12H12F2N2O/c1-7-12(16-11(15-7)4-5-17)9-3-2-8(13)6-10(9)14/h2-3,6,17H,4-5H2,1H3,(H,15,16). The summed E-state index contributed by atoms with van der Waals surface area (Å²) < 4.78 is 26.4. The van der Waals surface area contributed by atoms with E-state index >= 15 is 0 Å². The molecule has 0 unspecified atom stereocenters. The average molecular weight is 238 g/mol. The molecule has 1 aromatic carbocycles. The van der Waals surface area contributed by atoms with Crippen molar-refractivity contribution in [2.75, 3.05) is 6.61 Å². The molecule has 5 heteroatoms. The third-order valence-corrected chi connectivity index (χ3v) is 2.47. The number of aromatic amines is 1. The molecule has 2 aromatic rings. The second kappa shape index (κ2) is 4.63. The summed E-state index contributed by atoms with van der Waals surface area (Å²) in [6.07, 6.45) is 0.379. The van der Waals surface area contributed by atoms with Gasteiger partial charge in [0, 0.05) is 23.7 Å². The molecule has 0 aliphatic rings. The maximum atomic E-state index is 13.6. The Hall–Kier alpha value is -1.75. The summed E-state index contributed by atoms with van der Waals surface area (Å²) in [5.41, 5.74) is 1.40. The van der Waals surface area contributed by atoms with Gasteiger partial charge in [0.25, 0.3) is 0 Å². The Labute approximate surface area is 97.1 Å². The highest BCUT2D eigenvalue weighted by atomic mass is 19.1. The van der Waals surface area contributed by atoms with Gasteiger partial charge >= 0.3 is 0 Å². The van der Waals surface area contributed by atoms with Crippen LogP contribution in [0.4, 0.5) is 8.78 Å². The van der Waals surface area contributed by atoms with E-state index in [0.29, 0.717) is 23.6 Å². The number of imidazole rings is 1. The molecule has 3 nitrogen and oxygen atoms in total. The minimum Gasteiger partial charge on any atom is -0.396 e. The van der Waals surface area contributed by atoms with Crippen LogP contribution in [-0.2, 0) is 6.42 Å². The lowest BCUT2D eigenvalue weighted by atomic mass is 10.1. The van der Waals surface area contributed by atoms with Crippen LogP contribution in [0.2, 0.25) is 0 Å². The second-order valence-electron chi connectivity index (χ2n) is 3.75. The first-order valence-electron chi connectivity index (χ1n) is 5.23. The summed E-state index contributed by atoms with van der Waals surface area (Å²) in [5.74, 6) is -0.672. The number of H-pyrrole nitrogens is 1. The summed E-state index contributed by atoms with van der Waals surface area (Å²) >= 11 is 0. The van der Waals surface area contributed by atoms with Gasteiger partial charge in [0.1, 0.15) is 17.5 Å². The van der Waals surface area contributed by atoms with Gasteiger partial charge in [-0.2, -0.15) is 0 Å². The van der Waals surface area contributed by atoms with E-state index in [2.05, 4.69) is 9.97 Å². The van der Waals surface area contributed by atoms with E-state index in [0.717, 1.165) is 6.07 Å². The summed E-state index contributed by atoms with van der Waals surface area (Å²) in [6, 6.07) is 3.38. The summed E-state index contributed by atoms with van der Waals surface area (Å²) in [6.45, 7) is 1.73. The van der Waals surface area contributed by atoms with E-state index < -0.39 is 11.6 Å². The number of rotatable bonds is 3. The Morgan fingerprint density at radius 3 is 2.76 bits per heavy atom. The largest absolute Gasteiger partial charge is 0.396 e. The smallest absolute Gasteiger partial charge is 0.135 e. The van der Waals surface area contributed by atoms with Gasteiger partial charge in [-0.1, -0.05) is 0 Å². The van der Waals surface area contributed by atoms with Crippen LogP contribution >= 0.6 is 0 Å². The number of hydrogen-bond donors (Lipinski definition) is 2. The number of hydrogen-bond acceptors (Lipinski definition) is 2. The van der Waals surface area contributed by atoms with Gasteiger partial charge in [0.2, 0.25) is 0 Å². The third-order valence-electron chi connectivity index (χ3n) is 2.47. The molecule has 2 rings (SSSR count). The molecule has 0 atom stereocenters. The molecule has 0 amide bonds. The molecule has 0 aliphatic carbocycles. The lowest BCUT2D eigenvalue weighted by Gasteiger charge is -2.00. The molecule has 1 aromatic heterocycles. The first-order valence-corrected chi connectivity index (χ1v) is 5.23. The summed E-state index contributed by atoms with van der Waals surface area (Å²) in [5, 5.41) is 8.80. The van der Waals surface area contributed by atoms with Gasteiger partial charge < -0.3 is 10.1 Å². The van der Waals surface area contributed by atoms with Crippen molar-refractivity contribution in [3.05, 3.63) is 41.4 Å². The Morgan fingerprint density at radius 1 is 1.35 bits per heavy atom. The Bertz CT molecular complexity index is 537. The van der Waals surface area contributed by atoms with Gasteiger partial charge in [-0.05, 0) is 19.1 Å². The van der Waals surface area contributed by atoms with Crippen molar-refractivity contribution in [3.8, 4) is 11.3 Å². The first-order chi connectivity index (χ1) is 8.11. The molecular formula is C12H12F2N2O. The maximum Gasteiger partial charge on any atom is 0.135 e. The molecule has 0 spiro atoms. The van der Waals surface area contributed by atoms with Crippen molar-refractivity contribution in [3.63, 3.8) is 0 Å². The predicted octanol–water partition coefficient (Wildman–Crippen LogP) is 2.20. The van der Waals surface area contributed by atoms with E-state index in [4.69, 9.17) is 5.11 Å². The molecule has 0 fully saturated rings. The molecule has 1 heterocycles. The quantitative estimate of drug-likeness (QED) is 0.861. The van der Waals surface area contributed by atoms with Crippen molar-refractivity contribution >= 4 is 0 Å². The zero-order valence-electron chi connectivity index (χ0n) is 9.30. The van der Waals surface area contributed by atoms with Crippen LogP contribution in [0.3, 0.4) is 0 Å². The molecular weight excluding hydrogens is 226 g/mol. The molecule has 0 saturated carbocycles. The van der Waals surface area contributed by atoms with Crippen molar-refractivity contribution in [2.45, 2.75) is 13.3 Å². The second-order valence-corrected chi connectivity index (χ2v) is 3.75. The Balaban J connectivity index is 2.45. The monoisotopic (exact) mass is 238 g/mol. The van der Waals surface area contributed by atoms with Crippen LogP contribution in [0, 0.1) is 18.6 Å². The maximum absolute atomic E-state index is 13.6. The summed E-state index contributed by atoms with van der Waals surface area (Å²) in [7, 11) is 0. The number of aliphatic hydroxyl groups is 1. The average Bonchev–Trinajstić information content (AvgIpc) is 2.60. The number of nitrogens with zero attached hydrogens (tertiary/aromatic N) is 1. The molecule has 0 saturated heterocycles. The lowest BCUT2D eigenvalue weighted by Crippen LogP contribution is -1.93. The first kappa shape index (κ1) is 11.7. The minimum absolute atomic E-state index is 0.0295. The SMILES string of the molecule is Cc1[nH]c(CCO)nc1-c1ccc(F)cc1F. The van der Waals surface area contributed by atoms with Crippen molar-refractivity contribution < 1.29 is 13.9 Å². The minimum atomic E-state index is -0.643. The predicted molar refractivity (Wildman–Crippen MR) is 59.5 cm³/mol. The Morgan fingerprint density at radius 2 is 2.12 bits per heavy atom. The van der Waals surface area contributed by atoms with E-state index in [-0.39, 0.29) is 12.2 Å². The van der Waals surface area contributed by atoms with E-state index in [1.807, 2.05) is 0 Å². The molecule has 0 bridgehead atoms. The molecule has 90 valence electrons. The summed E-state index contributed by atoms with van der Waals surface area (Å²) in [4.78, 5) is 7.14. The number of aliphatic hydroxyl groups excluding tert-OH is 1. The molecule has 0 aliphatic heterocycles. The highest BCUT2D eigenvalue weighted by Gasteiger charge is 2.13. The molecule has 17 heavy (non-hydrogen) atoms. The number of halogens is 2. The van der Waals surface area contributed by atoms with Gasteiger partial charge in [0.05, 0.1) is 12.3 Å². The zero-order chi connectivity index (χ0) is 12.4. The van der Waals surface area contributed by atoms with Gasteiger partial charge in [0.15, 0.2) is 0 Å². The molecule has 0 radical (unpaired) electrons. The zero-order valence-corrected chi connectivity index (χ0v) is 9.30. The van der Waals surface area contributed by atoms with E-state index in [9.17, 15) is 8.78 Å². The van der Waals surface area contributed by atoms with Crippen molar-refractivity contribution in [2.24, 2.45) is 0 Å². The molecule has 2 N–H and O–H groups in total. The van der Waals surface area contributed by atoms with Gasteiger partial charge in [-0.15, -0.1) is 0 Å². The van der Waals surface area contributed by atoms with E-state index in [1.54, 1.807) is 6.92 Å². The number of aryl methyl sites for hydroxylation is 1. The number of nitrogens with one attached hydrogen (secondary N) is 1. The van der Waals surface area contributed by atoms with Crippen LogP contribution in [0.5, 0.6) is 0 Å². The fourth-order valence-electron chi connectivity index (χ4n) is 1.69. The van der Waals surface area contributed by atoms with Gasteiger partial charge in [-0.3, -0.25) is 0 Å². The van der Waals surface area contributed by atoms with Crippen molar-refractivity contribution in [1.82, 2.24) is 9.97 Å². The van der Waals surface area contributed by atoms with Crippen LogP contribution in [0.1, 0.15) is 11.5 Å². The fraction of sp³-hybridized carbons (Fsp3) is 0.250. The third kappa shape index (κ3) is 2.34. The van der Waals surface area contributed by atoms with Gasteiger partial charge in [-0.25, -0.2) is 13.8 Å². The van der Waals surface area contributed by atoms with E-state index in [1.165, 1.54) is 12.1 Å². The number of benzene rings is 1. The van der Waals surface area contributed by atoms with Crippen LogP contribution in [-0.4, -0.2) is 21.7 Å². The van der Waals surface area contributed by atoms with Crippen molar-refractivity contribution in [1.29, 1.82) is 0 Å². The lowest BCUT2D eigenvalue weighted by molar-refractivity contribution is 0.297. The Kier molecular flexibility index (Phi) is 3.19. The highest BCUT2D eigenvalue weighted by molar-refractivity contribution is 5.62. The van der Waals surface area contributed by atoms with Crippen LogP contribution < -0.4 is 0 Å².